The van der Waals surface area contributed by atoms with Gasteiger partial charge in [-0.3, -0.25) is 0 Å². The number of rotatable bonds is 6. The van der Waals surface area contributed by atoms with Gasteiger partial charge in [0.2, 0.25) is 5.95 Å². The second-order valence-electron chi connectivity index (χ2n) is 6.19. The van der Waals surface area contributed by atoms with E-state index in [9.17, 15) is 18.3 Å². The van der Waals surface area contributed by atoms with E-state index in [1.807, 2.05) is 13.8 Å². The highest BCUT2D eigenvalue weighted by atomic mass is 35.5. The van der Waals surface area contributed by atoms with Crippen molar-refractivity contribution in [1.82, 2.24) is 9.97 Å². The average Bonchev–Trinajstić information content (AvgIpc) is 2.55. The Morgan fingerprint density at radius 2 is 1.92 bits per heavy atom. The van der Waals surface area contributed by atoms with Crippen molar-refractivity contribution in [3.63, 3.8) is 0 Å². The monoisotopic (exact) mass is 388 g/mol. The number of anilines is 3. The highest BCUT2D eigenvalue weighted by Gasteiger charge is 2.34. The average molecular weight is 389 g/mol. The topological polar surface area (TPSA) is 70.1 Å². The van der Waals surface area contributed by atoms with E-state index < -0.39 is 17.9 Å². The van der Waals surface area contributed by atoms with E-state index in [0.29, 0.717) is 10.7 Å². The summed E-state index contributed by atoms with van der Waals surface area (Å²) in [4.78, 5) is 7.62. The molecule has 5 nitrogen and oxygen atoms in total. The number of aliphatic hydroxyl groups excluding tert-OH is 1. The fourth-order valence-corrected chi connectivity index (χ4v) is 2.50. The number of aromatic nitrogens is 2. The molecule has 1 aromatic heterocycles. The van der Waals surface area contributed by atoms with Gasteiger partial charge in [-0.05, 0) is 24.5 Å². The first-order valence-corrected chi connectivity index (χ1v) is 8.35. The van der Waals surface area contributed by atoms with Crippen molar-refractivity contribution in [2.45, 2.75) is 33.0 Å². The lowest BCUT2D eigenvalue weighted by Crippen LogP contribution is -2.30. The summed E-state index contributed by atoms with van der Waals surface area (Å²) < 4.78 is 39.6. The van der Waals surface area contributed by atoms with Crippen LogP contribution in [0.4, 0.5) is 30.6 Å². The number of hydrogen-bond donors (Lipinski definition) is 3. The third-order valence-electron chi connectivity index (χ3n) is 3.81. The fourth-order valence-electron chi connectivity index (χ4n) is 2.23. The largest absolute Gasteiger partial charge is 0.433 e. The molecule has 3 N–H and O–H groups in total. The second-order valence-corrected chi connectivity index (χ2v) is 6.60. The van der Waals surface area contributed by atoms with E-state index >= 15 is 0 Å². The summed E-state index contributed by atoms with van der Waals surface area (Å²) in [7, 11) is 0. The van der Waals surface area contributed by atoms with Crippen LogP contribution in [0.2, 0.25) is 5.02 Å². The maximum atomic E-state index is 13.2. The number of nitrogens with one attached hydrogen (secondary N) is 2. The maximum absolute atomic E-state index is 13.2. The molecule has 0 saturated heterocycles. The Labute approximate surface area is 154 Å². The van der Waals surface area contributed by atoms with Gasteiger partial charge in [-0.25, -0.2) is 4.98 Å². The zero-order valence-electron chi connectivity index (χ0n) is 14.5. The second kappa shape index (κ2) is 8.09. The maximum Gasteiger partial charge on any atom is 0.433 e. The van der Waals surface area contributed by atoms with Gasteiger partial charge in [0, 0.05) is 6.07 Å². The molecule has 9 heteroatoms. The van der Waals surface area contributed by atoms with Crippen molar-refractivity contribution in [3.8, 4) is 0 Å². The number of alkyl halides is 3. The van der Waals surface area contributed by atoms with Gasteiger partial charge in [0.05, 0.1) is 23.4 Å². The molecule has 0 bridgehead atoms. The summed E-state index contributed by atoms with van der Waals surface area (Å²) in [6.07, 6.45) is -4.64. The van der Waals surface area contributed by atoms with Gasteiger partial charge >= 0.3 is 6.18 Å². The molecule has 0 saturated carbocycles. The standard InChI is InChI=1S/C17H20ClF3N4O/c1-9(2)12(8-26)22-16-23-13(17(19,20)21)7-14(25-16)24-15-10(3)5-4-6-11(15)18/h4-7,9,12,26H,8H2,1-3H3,(H2,22,23,24,25)/t12-/m1/s1. The molecule has 0 fully saturated rings. The van der Waals surface area contributed by atoms with Gasteiger partial charge in [-0.1, -0.05) is 37.6 Å². The predicted molar refractivity (Wildman–Crippen MR) is 95.8 cm³/mol. The first kappa shape index (κ1) is 20.3. The van der Waals surface area contributed by atoms with Crippen molar-refractivity contribution in [3.05, 3.63) is 40.5 Å². The number of halogens is 4. The molecule has 1 aromatic carbocycles. The minimum absolute atomic E-state index is 0.0274. The van der Waals surface area contributed by atoms with E-state index in [-0.39, 0.29) is 24.3 Å². The van der Waals surface area contributed by atoms with Gasteiger partial charge < -0.3 is 15.7 Å². The van der Waals surface area contributed by atoms with E-state index in [4.69, 9.17) is 11.6 Å². The molecule has 0 aliphatic rings. The molecule has 0 aliphatic carbocycles. The molecule has 2 aromatic rings. The van der Waals surface area contributed by atoms with Crippen LogP contribution in [0, 0.1) is 12.8 Å². The Morgan fingerprint density at radius 3 is 2.46 bits per heavy atom. The fraction of sp³-hybridized carbons (Fsp3) is 0.412. The molecular formula is C17H20ClF3N4O. The molecule has 142 valence electrons. The Hall–Kier alpha value is -2.06. The van der Waals surface area contributed by atoms with Crippen molar-refractivity contribution in [2.75, 3.05) is 17.2 Å². The molecule has 2 rings (SSSR count). The van der Waals surface area contributed by atoms with Gasteiger partial charge in [-0.15, -0.1) is 0 Å². The normalized spacial score (nSPS) is 13.0. The zero-order valence-corrected chi connectivity index (χ0v) is 15.3. The minimum atomic E-state index is -4.64. The van der Waals surface area contributed by atoms with Gasteiger partial charge in [-0.2, -0.15) is 18.2 Å². The first-order chi connectivity index (χ1) is 12.1. The van der Waals surface area contributed by atoms with Crippen LogP contribution in [0.3, 0.4) is 0 Å². The lowest BCUT2D eigenvalue weighted by atomic mass is 10.1. The zero-order chi connectivity index (χ0) is 19.5. The highest BCUT2D eigenvalue weighted by molar-refractivity contribution is 6.33. The highest BCUT2D eigenvalue weighted by Crippen LogP contribution is 2.33. The van der Waals surface area contributed by atoms with Crippen molar-refractivity contribution >= 4 is 29.1 Å². The summed E-state index contributed by atoms with van der Waals surface area (Å²) in [5.41, 5.74) is 0.131. The molecule has 0 unspecified atom stereocenters. The first-order valence-electron chi connectivity index (χ1n) is 7.97. The number of aryl methyl sites for hydroxylation is 1. The van der Waals surface area contributed by atoms with E-state index in [1.165, 1.54) is 0 Å². The summed E-state index contributed by atoms with van der Waals surface area (Å²) in [6.45, 7) is 5.17. The summed E-state index contributed by atoms with van der Waals surface area (Å²) >= 11 is 6.12. The molecule has 0 radical (unpaired) electrons. The van der Waals surface area contributed by atoms with E-state index in [1.54, 1.807) is 25.1 Å². The van der Waals surface area contributed by atoms with Crippen LogP contribution < -0.4 is 10.6 Å². The Morgan fingerprint density at radius 1 is 1.23 bits per heavy atom. The molecule has 0 spiro atoms. The van der Waals surface area contributed by atoms with Crippen molar-refractivity contribution in [2.24, 2.45) is 5.92 Å². The van der Waals surface area contributed by atoms with Crippen molar-refractivity contribution in [1.29, 1.82) is 0 Å². The van der Waals surface area contributed by atoms with Crippen LogP contribution in [0.25, 0.3) is 0 Å². The molecule has 1 heterocycles. The third kappa shape index (κ3) is 4.98. The lowest BCUT2D eigenvalue weighted by molar-refractivity contribution is -0.141. The van der Waals surface area contributed by atoms with Gasteiger partial charge in [0.15, 0.2) is 5.69 Å². The lowest BCUT2D eigenvalue weighted by Gasteiger charge is -2.21. The van der Waals surface area contributed by atoms with Gasteiger partial charge in [0.25, 0.3) is 0 Å². The van der Waals surface area contributed by atoms with E-state index in [0.717, 1.165) is 11.6 Å². The predicted octanol–water partition coefficient (Wildman–Crippen LogP) is 4.63. The quantitative estimate of drug-likeness (QED) is 0.673. The van der Waals surface area contributed by atoms with Gasteiger partial charge in [0.1, 0.15) is 5.82 Å². The Balaban J connectivity index is 2.43. The van der Waals surface area contributed by atoms with Crippen LogP contribution in [0.15, 0.2) is 24.3 Å². The SMILES string of the molecule is Cc1cccc(Cl)c1Nc1cc(C(F)(F)F)nc(N[C@H](CO)C(C)C)n1. The molecule has 0 amide bonds. The Bertz CT molecular complexity index is 748. The van der Waals surface area contributed by atoms with Crippen LogP contribution in [-0.2, 0) is 6.18 Å². The number of para-hydroxylation sites is 1. The molecular weight excluding hydrogens is 369 g/mol. The summed E-state index contributed by atoms with van der Waals surface area (Å²) in [5.74, 6) is -0.299. The number of hydrogen-bond acceptors (Lipinski definition) is 5. The minimum Gasteiger partial charge on any atom is -0.394 e. The van der Waals surface area contributed by atoms with Crippen LogP contribution >= 0.6 is 11.6 Å². The molecule has 1 atom stereocenters. The van der Waals surface area contributed by atoms with Crippen LogP contribution in [0.5, 0.6) is 0 Å². The number of nitrogens with zero attached hydrogens (tertiary/aromatic N) is 2. The number of aliphatic hydroxyl groups is 1. The summed E-state index contributed by atoms with van der Waals surface area (Å²) in [5, 5.41) is 15.3. The summed E-state index contributed by atoms with van der Waals surface area (Å²) in [6, 6.07) is 5.48. The Kier molecular flexibility index (Phi) is 6.30. The van der Waals surface area contributed by atoms with Crippen LogP contribution in [0.1, 0.15) is 25.1 Å². The van der Waals surface area contributed by atoms with Crippen LogP contribution in [-0.4, -0.2) is 27.7 Å². The molecule has 0 aliphatic heterocycles. The molecule has 26 heavy (non-hydrogen) atoms. The number of benzene rings is 1. The third-order valence-corrected chi connectivity index (χ3v) is 4.12. The smallest absolute Gasteiger partial charge is 0.394 e. The van der Waals surface area contributed by atoms with E-state index in [2.05, 4.69) is 20.6 Å². The van der Waals surface area contributed by atoms with Crippen molar-refractivity contribution < 1.29 is 18.3 Å².